The van der Waals surface area contributed by atoms with Crippen LogP contribution in [0.5, 0.6) is 0 Å². The van der Waals surface area contributed by atoms with Crippen molar-refractivity contribution in [1.82, 2.24) is 0 Å². The first-order chi connectivity index (χ1) is 5.48. The molecule has 0 aliphatic rings. The van der Waals surface area contributed by atoms with Crippen molar-refractivity contribution in [2.24, 2.45) is 0 Å². The van der Waals surface area contributed by atoms with Gasteiger partial charge in [-0.3, -0.25) is 0 Å². The van der Waals surface area contributed by atoms with Crippen molar-refractivity contribution in [1.29, 1.82) is 0 Å². The second-order valence-corrected chi connectivity index (χ2v) is 2.75. The normalized spacial score (nSPS) is 11.4. The van der Waals surface area contributed by atoms with Gasteiger partial charge in [0.1, 0.15) is 6.61 Å². The van der Waals surface area contributed by atoms with Crippen molar-refractivity contribution in [3.63, 3.8) is 0 Å². The van der Waals surface area contributed by atoms with Crippen molar-refractivity contribution in [3.05, 3.63) is 0 Å². The molecule has 0 saturated carbocycles. The fourth-order valence-electron chi connectivity index (χ4n) is 0.302. The Morgan fingerprint density at radius 3 is 2.31 bits per heavy atom. The van der Waals surface area contributed by atoms with Gasteiger partial charge in [-0.2, -0.15) is 8.42 Å². The van der Waals surface area contributed by atoms with E-state index in [4.69, 9.17) is 0 Å². The Kier molecular flexibility index (Phi) is 9.29. The molecule has 0 aromatic rings. The number of hydrogen-bond donors (Lipinski definition) is 0. The van der Waals surface area contributed by atoms with Crippen LogP contribution in [-0.2, 0) is 23.8 Å². The molecule has 0 bridgehead atoms. The number of alkyl halides is 2. The molecule has 0 spiro atoms. The van der Waals surface area contributed by atoms with Gasteiger partial charge < -0.3 is 0 Å². The fourth-order valence-corrected chi connectivity index (χ4v) is 0.803. The second-order valence-electron chi connectivity index (χ2n) is 1.56. The summed E-state index contributed by atoms with van der Waals surface area (Å²) in [7, 11) is -4.28. The molecule has 0 aliphatic heterocycles. The SMILES string of the molecule is CCOS(=O)(=O)OOCC(F)F.[LiH]. The summed E-state index contributed by atoms with van der Waals surface area (Å²) in [6, 6.07) is 0. The molecule has 0 aromatic carbocycles. The van der Waals surface area contributed by atoms with Crippen LogP contribution in [-0.4, -0.2) is 46.9 Å². The Labute approximate surface area is 86.8 Å². The van der Waals surface area contributed by atoms with Crippen LogP contribution in [0.25, 0.3) is 0 Å². The standard InChI is InChI=1S/C4H8F2O5S.Li.H/c1-2-10-12(7,8)11-9-3-4(5)6;;/h4H,2-3H2,1H3;;. The van der Waals surface area contributed by atoms with E-state index in [1.807, 2.05) is 0 Å². The number of rotatable bonds is 6. The molecule has 13 heavy (non-hydrogen) atoms. The quantitative estimate of drug-likeness (QED) is 0.349. The van der Waals surface area contributed by atoms with Crippen LogP contribution < -0.4 is 0 Å². The Hall–Kier alpha value is 0.287. The van der Waals surface area contributed by atoms with Gasteiger partial charge in [-0.25, -0.2) is 17.9 Å². The van der Waals surface area contributed by atoms with E-state index in [0.29, 0.717) is 0 Å². The van der Waals surface area contributed by atoms with Gasteiger partial charge in [-0.1, -0.05) is 4.33 Å². The molecule has 76 valence electrons. The number of hydrogen-bond acceptors (Lipinski definition) is 5. The Balaban J connectivity index is 0. The summed E-state index contributed by atoms with van der Waals surface area (Å²) in [5, 5.41) is 0. The first kappa shape index (κ1) is 15.7. The summed E-state index contributed by atoms with van der Waals surface area (Å²) < 4.78 is 51.0. The maximum atomic E-state index is 11.4. The summed E-state index contributed by atoms with van der Waals surface area (Å²) in [6.45, 7) is 0.126. The summed E-state index contributed by atoms with van der Waals surface area (Å²) >= 11 is 0. The van der Waals surface area contributed by atoms with E-state index in [9.17, 15) is 17.2 Å². The zero-order valence-corrected chi connectivity index (χ0v) is 7.01. The molecule has 5 nitrogen and oxygen atoms in total. The molecule has 0 radical (unpaired) electrons. The van der Waals surface area contributed by atoms with Crippen molar-refractivity contribution < 1.29 is 30.6 Å². The van der Waals surface area contributed by atoms with E-state index in [1.54, 1.807) is 0 Å². The van der Waals surface area contributed by atoms with Crippen molar-refractivity contribution >= 4 is 29.3 Å². The third-order valence-electron chi connectivity index (χ3n) is 0.588. The topological polar surface area (TPSA) is 61.8 Å². The molecular weight excluding hydrogens is 205 g/mol. The monoisotopic (exact) mass is 214 g/mol. The predicted octanol–water partition coefficient (Wildman–Crippen LogP) is -0.167. The minimum atomic E-state index is -4.28. The Morgan fingerprint density at radius 1 is 1.38 bits per heavy atom. The molecule has 0 N–H and O–H groups in total. The van der Waals surface area contributed by atoms with Gasteiger partial charge in [-0.15, -0.1) is 0 Å². The molecule has 9 heteroatoms. The van der Waals surface area contributed by atoms with Crippen LogP contribution in [0.3, 0.4) is 0 Å². The van der Waals surface area contributed by atoms with Crippen molar-refractivity contribution in [2.45, 2.75) is 13.3 Å². The second kappa shape index (κ2) is 7.67. The van der Waals surface area contributed by atoms with E-state index in [1.165, 1.54) is 6.92 Å². The number of halogens is 2. The average Bonchev–Trinajstić information content (AvgIpc) is 1.85. The van der Waals surface area contributed by atoms with Crippen molar-refractivity contribution in [2.75, 3.05) is 13.2 Å². The molecule has 0 rings (SSSR count). The summed E-state index contributed by atoms with van der Waals surface area (Å²) in [4.78, 5) is 3.65. The zero-order valence-electron chi connectivity index (χ0n) is 6.20. The van der Waals surface area contributed by atoms with Gasteiger partial charge in [0.2, 0.25) is 0 Å². The van der Waals surface area contributed by atoms with E-state index in [-0.39, 0.29) is 25.5 Å². The van der Waals surface area contributed by atoms with Crippen LogP contribution in [0, 0.1) is 0 Å². The average molecular weight is 214 g/mol. The van der Waals surface area contributed by atoms with Crippen LogP contribution in [0.2, 0.25) is 0 Å². The summed E-state index contributed by atoms with van der Waals surface area (Å²) in [5.41, 5.74) is 0. The third kappa shape index (κ3) is 10.2. The van der Waals surface area contributed by atoms with Gasteiger partial charge >= 0.3 is 29.3 Å². The molecule has 0 unspecified atom stereocenters. The van der Waals surface area contributed by atoms with E-state index in [2.05, 4.69) is 13.4 Å². The van der Waals surface area contributed by atoms with Gasteiger partial charge in [-0.05, 0) is 6.92 Å². The molecule has 0 aliphatic carbocycles. The zero-order chi connectivity index (χ0) is 9.61. The van der Waals surface area contributed by atoms with Gasteiger partial charge in [0.05, 0.1) is 6.61 Å². The van der Waals surface area contributed by atoms with Gasteiger partial charge in [0, 0.05) is 0 Å². The molecule has 0 atom stereocenters. The molecular formula is C4H9F2LiO5S. The van der Waals surface area contributed by atoms with Crippen molar-refractivity contribution in [3.8, 4) is 0 Å². The van der Waals surface area contributed by atoms with Crippen LogP contribution in [0.1, 0.15) is 6.92 Å². The van der Waals surface area contributed by atoms with Gasteiger partial charge in [0.15, 0.2) is 0 Å². The van der Waals surface area contributed by atoms with E-state index >= 15 is 0 Å². The van der Waals surface area contributed by atoms with Crippen LogP contribution in [0.15, 0.2) is 0 Å². The predicted molar refractivity (Wildman–Crippen MR) is 40.7 cm³/mol. The molecule has 0 amide bonds. The van der Waals surface area contributed by atoms with Gasteiger partial charge in [0.25, 0.3) is 6.43 Å². The molecule has 0 heterocycles. The van der Waals surface area contributed by atoms with Crippen LogP contribution in [0.4, 0.5) is 8.78 Å². The Bertz CT molecular complexity index is 207. The molecule has 0 aromatic heterocycles. The summed E-state index contributed by atoms with van der Waals surface area (Å²) in [6.07, 6.45) is -2.79. The van der Waals surface area contributed by atoms with E-state index < -0.39 is 23.4 Å². The maximum absolute atomic E-state index is 11.4. The Morgan fingerprint density at radius 2 is 1.92 bits per heavy atom. The first-order valence-electron chi connectivity index (χ1n) is 2.96. The first-order valence-corrected chi connectivity index (χ1v) is 4.30. The molecule has 0 fully saturated rings. The fraction of sp³-hybridized carbons (Fsp3) is 1.00. The summed E-state index contributed by atoms with van der Waals surface area (Å²) in [5.74, 6) is 0. The van der Waals surface area contributed by atoms with E-state index in [0.717, 1.165) is 0 Å². The molecule has 0 saturated heterocycles. The van der Waals surface area contributed by atoms with Crippen LogP contribution >= 0.6 is 0 Å². The minimum absolute atomic E-state index is 0. The third-order valence-corrected chi connectivity index (χ3v) is 1.37.